The second-order valence-corrected chi connectivity index (χ2v) is 13.8. The number of aliphatic hydroxyl groups is 3. The lowest BCUT2D eigenvalue weighted by Crippen LogP contribution is -2.56. The van der Waals surface area contributed by atoms with Crippen LogP contribution in [0.15, 0.2) is 77.9 Å². The van der Waals surface area contributed by atoms with Crippen LogP contribution >= 0.6 is 0 Å². The Morgan fingerprint density at radius 1 is 0.873 bits per heavy atom. The Morgan fingerprint density at radius 3 is 2.00 bits per heavy atom. The zero-order valence-corrected chi connectivity index (χ0v) is 31.7. The molecular weight excluding hydrogens is 713 g/mol. The van der Waals surface area contributed by atoms with E-state index in [0.717, 1.165) is 43.5 Å². The molecule has 0 bridgehead atoms. The smallest absolute Gasteiger partial charge is 0.303 e. The van der Waals surface area contributed by atoms with E-state index >= 15 is 0 Å². The van der Waals surface area contributed by atoms with Gasteiger partial charge in [0.25, 0.3) is 0 Å². The third-order valence-corrected chi connectivity index (χ3v) is 9.53. The molecule has 13 nitrogen and oxygen atoms in total. The van der Waals surface area contributed by atoms with Gasteiger partial charge in [0.2, 0.25) is 5.91 Å². The lowest BCUT2D eigenvalue weighted by molar-refractivity contribution is -0.190. The summed E-state index contributed by atoms with van der Waals surface area (Å²) in [6, 6.07) is 20.2. The molecule has 3 aromatic carbocycles. The third-order valence-electron chi connectivity index (χ3n) is 9.53. The Balaban J connectivity index is 1.57. The molecule has 1 saturated heterocycles. The summed E-state index contributed by atoms with van der Waals surface area (Å²) in [5.74, 6) is -3.00. The molecule has 0 saturated carbocycles. The predicted molar refractivity (Wildman–Crippen MR) is 201 cm³/mol. The zero-order valence-electron chi connectivity index (χ0n) is 31.7. The Morgan fingerprint density at radius 2 is 1.45 bits per heavy atom. The van der Waals surface area contributed by atoms with E-state index in [2.05, 4.69) is 10.5 Å². The van der Waals surface area contributed by atoms with E-state index < -0.39 is 72.8 Å². The highest BCUT2D eigenvalue weighted by molar-refractivity contribution is 6.03. The molecule has 0 aromatic heterocycles. The molecule has 1 aliphatic heterocycles. The summed E-state index contributed by atoms with van der Waals surface area (Å²) in [6.07, 6.45) is -2.02. The van der Waals surface area contributed by atoms with Crippen LogP contribution in [-0.4, -0.2) is 82.9 Å². The molecule has 1 fully saturated rings. The fourth-order valence-electron chi connectivity index (χ4n) is 6.62. The van der Waals surface area contributed by atoms with Crippen LogP contribution in [0.2, 0.25) is 0 Å². The average molecular weight is 764 g/mol. The molecule has 1 amide bonds. The number of ether oxygens (including phenoxy) is 3. The van der Waals surface area contributed by atoms with Crippen LogP contribution in [0.25, 0.3) is 0 Å². The number of nitrogens with one attached hydrogen (secondary N) is 1. The van der Waals surface area contributed by atoms with Crippen LogP contribution in [0.3, 0.4) is 0 Å². The van der Waals surface area contributed by atoms with Crippen LogP contribution in [-0.2, 0) is 46.2 Å². The summed E-state index contributed by atoms with van der Waals surface area (Å²) in [7, 11) is 1.75. The van der Waals surface area contributed by atoms with Gasteiger partial charge < -0.3 is 39.9 Å². The minimum atomic E-state index is -2.27. The predicted octanol–water partition coefficient (Wildman–Crippen LogP) is 4.26. The highest BCUT2D eigenvalue weighted by Crippen LogP contribution is 2.46. The summed E-state index contributed by atoms with van der Waals surface area (Å²) in [5.41, 5.74) is 5.25. The van der Waals surface area contributed by atoms with E-state index in [-0.39, 0.29) is 12.3 Å². The van der Waals surface area contributed by atoms with Crippen LogP contribution in [0.1, 0.15) is 81.4 Å². The molecule has 0 spiro atoms. The molecule has 5 atom stereocenters. The second-order valence-electron chi connectivity index (χ2n) is 13.8. The molecule has 0 radical (unpaired) electrons. The number of rotatable bonds is 19. The van der Waals surface area contributed by atoms with Gasteiger partial charge >= 0.3 is 17.9 Å². The van der Waals surface area contributed by atoms with Gasteiger partial charge in [-0.05, 0) is 79.1 Å². The number of aryl methyl sites for hydroxylation is 1. The van der Waals surface area contributed by atoms with Gasteiger partial charge in [-0.2, -0.15) is 5.10 Å². The summed E-state index contributed by atoms with van der Waals surface area (Å²) < 4.78 is 29.0. The lowest BCUT2D eigenvalue weighted by atomic mass is 9.78. The van der Waals surface area contributed by atoms with Crippen LogP contribution in [0.5, 0.6) is 0 Å². The van der Waals surface area contributed by atoms with Gasteiger partial charge in [-0.3, -0.25) is 19.2 Å². The van der Waals surface area contributed by atoms with Gasteiger partial charge in [-0.1, -0.05) is 48.5 Å². The second kappa shape index (κ2) is 19.4. The Bertz CT molecular complexity index is 1780. The van der Waals surface area contributed by atoms with Crippen molar-refractivity contribution in [3.8, 4) is 0 Å². The number of hydrogen-bond donors (Lipinski definition) is 4. The third kappa shape index (κ3) is 11.7. The minimum absolute atomic E-state index is 0.113. The number of β-lactam (4-membered cyclic amide) rings is 1. The molecule has 4 N–H and O–H groups in total. The first-order chi connectivity index (χ1) is 26.1. The summed E-state index contributed by atoms with van der Waals surface area (Å²) in [6.45, 7) is 4.03. The van der Waals surface area contributed by atoms with E-state index in [1.165, 1.54) is 19.1 Å². The molecule has 296 valence electrons. The average Bonchev–Trinajstić information content (AvgIpc) is 3.15. The van der Waals surface area contributed by atoms with Crippen molar-refractivity contribution >= 4 is 35.2 Å². The van der Waals surface area contributed by atoms with Crippen LogP contribution in [0, 0.1) is 11.7 Å². The number of hydrogen-bond acceptors (Lipinski definition) is 12. The van der Waals surface area contributed by atoms with Gasteiger partial charge in [0.15, 0.2) is 5.60 Å². The van der Waals surface area contributed by atoms with Crippen molar-refractivity contribution in [2.75, 3.05) is 25.2 Å². The molecule has 3 aromatic rings. The summed E-state index contributed by atoms with van der Waals surface area (Å²) in [4.78, 5) is 50.5. The molecule has 0 aliphatic carbocycles. The lowest BCUT2D eigenvalue weighted by Gasteiger charge is -2.48. The van der Waals surface area contributed by atoms with Gasteiger partial charge in [-0.15, -0.1) is 0 Å². The number of carbonyl (C=O) groups excluding carboxylic acids is 4. The summed E-state index contributed by atoms with van der Waals surface area (Å²) >= 11 is 0. The van der Waals surface area contributed by atoms with Gasteiger partial charge in [0.05, 0.1) is 18.1 Å². The van der Waals surface area contributed by atoms with Gasteiger partial charge in [0.1, 0.15) is 31.2 Å². The monoisotopic (exact) mass is 763 g/mol. The van der Waals surface area contributed by atoms with Crippen LogP contribution in [0.4, 0.5) is 10.1 Å². The highest BCUT2D eigenvalue weighted by atomic mass is 19.1. The molecule has 55 heavy (non-hydrogen) atoms. The van der Waals surface area contributed by atoms with E-state index in [4.69, 9.17) is 14.2 Å². The first kappa shape index (κ1) is 42.6. The number of hydrazone groups is 1. The van der Waals surface area contributed by atoms with E-state index in [0.29, 0.717) is 29.7 Å². The number of benzene rings is 3. The largest absolute Gasteiger partial charge is 0.463 e. The molecule has 14 heteroatoms. The molecular formula is C41H50FN3O10. The van der Waals surface area contributed by atoms with Crippen molar-refractivity contribution in [1.82, 2.24) is 5.43 Å². The minimum Gasteiger partial charge on any atom is -0.463 e. The van der Waals surface area contributed by atoms with Gasteiger partial charge in [0, 0.05) is 45.6 Å². The maximum absolute atomic E-state index is 13.9. The van der Waals surface area contributed by atoms with E-state index in [1.54, 1.807) is 36.2 Å². The number of amides is 1. The SMILES string of the molecule is CN/N=C(\C)CCc1ccc(N2C(=O)C(CC[C@H](OC(C)=O)c3ccc(F)cc3)[C@H]2c2ccc(CC(O)C(O)C(O)(COC(C)=O)COC(C)=O)cc2)cc1. The Hall–Kier alpha value is -5.18. The standard InChI is InChI=1S/C41H50FN3O10/c1-25(44-43-5)6-7-29-10-18-34(19-11-29)45-38(35(40(45)51)20-21-37(55-28(4)48)31-14-16-33(42)17-15-31)32-12-8-30(9-13-32)22-36(49)39(50)41(52,23-53-26(2)46)24-54-27(3)47/h8-19,35-39,43,49-50,52H,6-7,20-24H2,1-5H3/b44-25+/t35?,36?,37-,38+,39?/m0/s1. The normalized spacial score (nSPS) is 17.4. The van der Waals surface area contributed by atoms with Crippen molar-refractivity contribution in [3.63, 3.8) is 0 Å². The number of aliphatic hydroxyl groups excluding tert-OH is 2. The first-order valence-electron chi connectivity index (χ1n) is 18.1. The quantitative estimate of drug-likeness (QED) is 0.0450. The van der Waals surface area contributed by atoms with Crippen LogP contribution < -0.4 is 10.3 Å². The number of esters is 3. The zero-order chi connectivity index (χ0) is 40.3. The van der Waals surface area contributed by atoms with Crippen molar-refractivity contribution in [1.29, 1.82) is 0 Å². The van der Waals surface area contributed by atoms with Crippen molar-refractivity contribution in [2.45, 2.75) is 89.8 Å². The van der Waals surface area contributed by atoms with E-state index in [9.17, 15) is 38.9 Å². The number of nitrogens with zero attached hydrogens (tertiary/aromatic N) is 2. The molecule has 1 aliphatic rings. The van der Waals surface area contributed by atoms with Crippen molar-refractivity contribution in [2.24, 2.45) is 11.0 Å². The fraction of sp³-hybridized carbons (Fsp3) is 0.439. The Labute approximate surface area is 320 Å². The first-order valence-corrected chi connectivity index (χ1v) is 18.1. The number of carbonyl (C=O) groups is 4. The summed E-state index contributed by atoms with van der Waals surface area (Å²) in [5, 5.41) is 37.1. The van der Waals surface area contributed by atoms with Crippen molar-refractivity contribution < 1.29 is 53.1 Å². The van der Waals surface area contributed by atoms with E-state index in [1.807, 2.05) is 43.3 Å². The van der Waals surface area contributed by atoms with Gasteiger partial charge in [-0.25, -0.2) is 4.39 Å². The number of anilines is 1. The van der Waals surface area contributed by atoms with Crippen molar-refractivity contribution in [3.05, 3.63) is 101 Å². The molecule has 3 unspecified atom stereocenters. The maximum atomic E-state index is 13.9. The topological polar surface area (TPSA) is 184 Å². The number of halogens is 1. The molecule has 4 rings (SSSR count). The Kier molecular flexibility index (Phi) is 15.0. The fourth-order valence-corrected chi connectivity index (χ4v) is 6.62. The molecule has 1 heterocycles. The maximum Gasteiger partial charge on any atom is 0.303 e. The highest BCUT2D eigenvalue weighted by Gasteiger charge is 2.49.